The number of nitrogens with zero attached hydrogens (tertiary/aromatic N) is 3. The highest BCUT2D eigenvalue weighted by atomic mass is 127. The first-order chi connectivity index (χ1) is 13.2. The van der Waals surface area contributed by atoms with Gasteiger partial charge in [-0.15, -0.1) is 0 Å². The lowest BCUT2D eigenvalue weighted by atomic mass is 9.99. The number of piperidine rings is 1. The summed E-state index contributed by atoms with van der Waals surface area (Å²) in [5.41, 5.74) is 2.67. The Bertz CT molecular complexity index is 733. The minimum absolute atomic E-state index is 0.208. The molecule has 144 valence electrons. The zero-order valence-corrected chi connectivity index (χ0v) is 17.8. The molecule has 0 unspecified atom stereocenters. The van der Waals surface area contributed by atoms with Crippen LogP contribution in [0.5, 0.6) is 0 Å². The van der Waals surface area contributed by atoms with Crippen molar-refractivity contribution in [3.8, 4) is 0 Å². The molecule has 2 aromatic carbocycles. The van der Waals surface area contributed by atoms with E-state index in [-0.39, 0.29) is 12.1 Å². The number of benzene rings is 2. The fourth-order valence-corrected chi connectivity index (χ4v) is 4.94. The molecule has 2 aromatic rings. The summed E-state index contributed by atoms with van der Waals surface area (Å²) in [6, 6.07) is 19.7. The van der Waals surface area contributed by atoms with Gasteiger partial charge in [0.05, 0.1) is 6.10 Å². The van der Waals surface area contributed by atoms with Crippen molar-refractivity contribution in [2.75, 3.05) is 44.2 Å². The molecule has 0 aromatic heterocycles. The molecule has 2 aliphatic rings. The average molecular weight is 477 g/mol. The molecule has 0 bridgehead atoms. The molecule has 1 N–H and O–H groups in total. The van der Waals surface area contributed by atoms with Crippen LogP contribution >= 0.6 is 22.6 Å². The van der Waals surface area contributed by atoms with Crippen molar-refractivity contribution in [1.82, 2.24) is 9.80 Å². The quantitative estimate of drug-likeness (QED) is 0.686. The molecule has 0 spiro atoms. The molecular weight excluding hydrogens is 449 g/mol. The van der Waals surface area contributed by atoms with Gasteiger partial charge in [-0.1, -0.05) is 30.3 Å². The van der Waals surface area contributed by atoms with Gasteiger partial charge >= 0.3 is 0 Å². The first-order valence-electron chi connectivity index (χ1n) is 9.88. The van der Waals surface area contributed by atoms with Gasteiger partial charge in [0.15, 0.2) is 0 Å². The molecule has 4 rings (SSSR count). The fraction of sp³-hybridized carbons (Fsp3) is 0.455. The highest BCUT2D eigenvalue weighted by Gasteiger charge is 2.33. The number of para-hydroxylation sites is 1. The third kappa shape index (κ3) is 4.83. The number of hydrogen-bond donors (Lipinski definition) is 1. The highest BCUT2D eigenvalue weighted by molar-refractivity contribution is 14.1. The summed E-state index contributed by atoms with van der Waals surface area (Å²) in [5.74, 6) is 0. The third-order valence-electron chi connectivity index (χ3n) is 5.83. The van der Waals surface area contributed by atoms with Crippen molar-refractivity contribution in [2.24, 2.45) is 0 Å². The first-order valence-corrected chi connectivity index (χ1v) is 11.0. The van der Waals surface area contributed by atoms with Crippen LogP contribution in [0.25, 0.3) is 0 Å². The maximum absolute atomic E-state index is 10.6. The van der Waals surface area contributed by atoms with E-state index in [1.165, 1.54) is 14.8 Å². The van der Waals surface area contributed by atoms with E-state index in [0.29, 0.717) is 0 Å². The van der Waals surface area contributed by atoms with Crippen molar-refractivity contribution >= 4 is 28.3 Å². The lowest BCUT2D eigenvalue weighted by molar-refractivity contribution is -0.0158. The third-order valence-corrected chi connectivity index (χ3v) is 6.50. The molecule has 0 saturated carbocycles. The number of piperazine rings is 1. The lowest BCUT2D eigenvalue weighted by Crippen LogP contribution is -2.59. The Kier molecular flexibility index (Phi) is 6.32. The van der Waals surface area contributed by atoms with Crippen molar-refractivity contribution in [3.05, 3.63) is 63.7 Å². The zero-order valence-electron chi connectivity index (χ0n) is 15.7. The zero-order chi connectivity index (χ0) is 18.6. The summed E-state index contributed by atoms with van der Waals surface area (Å²) in [5, 5.41) is 10.6. The molecular formula is C22H28IN3O. The van der Waals surface area contributed by atoms with E-state index in [1.54, 1.807) is 0 Å². The van der Waals surface area contributed by atoms with Gasteiger partial charge in [-0.25, -0.2) is 0 Å². The maximum atomic E-state index is 10.6. The van der Waals surface area contributed by atoms with Crippen molar-refractivity contribution in [2.45, 2.75) is 25.1 Å². The molecule has 0 amide bonds. The second-order valence-corrected chi connectivity index (χ2v) is 8.89. The lowest BCUT2D eigenvalue weighted by Gasteiger charge is -2.46. The van der Waals surface area contributed by atoms with E-state index in [1.807, 2.05) is 0 Å². The van der Waals surface area contributed by atoms with Gasteiger partial charge in [0.2, 0.25) is 0 Å². The second-order valence-electron chi connectivity index (χ2n) is 7.65. The SMILES string of the molecule is O[C@@H]1CCN(Cc2cccc(I)c2)C[C@H]1N1CCN(c2ccccc2)CC1. The van der Waals surface area contributed by atoms with Gasteiger partial charge in [-0.3, -0.25) is 9.80 Å². The summed E-state index contributed by atoms with van der Waals surface area (Å²) in [7, 11) is 0. The predicted molar refractivity (Wildman–Crippen MR) is 119 cm³/mol. The normalized spacial score (nSPS) is 24.9. The Morgan fingerprint density at radius 2 is 1.70 bits per heavy atom. The number of likely N-dealkylation sites (tertiary alicyclic amines) is 1. The van der Waals surface area contributed by atoms with E-state index in [0.717, 1.165) is 52.2 Å². The molecule has 4 nitrogen and oxygen atoms in total. The van der Waals surface area contributed by atoms with Crippen LogP contribution in [0, 0.1) is 3.57 Å². The Balaban J connectivity index is 1.35. The van der Waals surface area contributed by atoms with Crippen LogP contribution in [-0.2, 0) is 6.54 Å². The Morgan fingerprint density at radius 1 is 0.926 bits per heavy atom. The monoisotopic (exact) mass is 477 g/mol. The average Bonchev–Trinajstić information content (AvgIpc) is 2.70. The van der Waals surface area contributed by atoms with Crippen LogP contribution in [-0.4, -0.2) is 66.3 Å². The number of rotatable bonds is 4. The van der Waals surface area contributed by atoms with E-state index < -0.39 is 0 Å². The number of aliphatic hydroxyl groups excluding tert-OH is 1. The van der Waals surface area contributed by atoms with Crippen LogP contribution in [0.15, 0.2) is 54.6 Å². The van der Waals surface area contributed by atoms with E-state index >= 15 is 0 Å². The molecule has 2 saturated heterocycles. The summed E-state index contributed by atoms with van der Waals surface area (Å²) < 4.78 is 1.29. The van der Waals surface area contributed by atoms with Gasteiger partial charge in [0, 0.05) is 61.1 Å². The smallest absolute Gasteiger partial charge is 0.0720 e. The van der Waals surface area contributed by atoms with Gasteiger partial charge in [0.1, 0.15) is 0 Å². The van der Waals surface area contributed by atoms with E-state index in [4.69, 9.17) is 0 Å². The topological polar surface area (TPSA) is 30.0 Å². The predicted octanol–water partition coefficient (Wildman–Crippen LogP) is 3.05. The van der Waals surface area contributed by atoms with Gasteiger partial charge in [-0.2, -0.15) is 0 Å². The standard InChI is InChI=1S/C22H28IN3O/c23-19-6-4-5-18(15-19)16-24-10-9-22(27)21(17-24)26-13-11-25(12-14-26)20-7-2-1-3-8-20/h1-8,15,21-22,27H,9-14,16-17H2/t21-,22-/m1/s1. The van der Waals surface area contributed by atoms with Crippen LogP contribution in [0.1, 0.15) is 12.0 Å². The van der Waals surface area contributed by atoms with E-state index in [2.05, 4.69) is 91.9 Å². The summed E-state index contributed by atoms with van der Waals surface area (Å²) >= 11 is 2.38. The van der Waals surface area contributed by atoms with Crippen molar-refractivity contribution < 1.29 is 5.11 Å². The Labute approximate surface area is 175 Å². The first kappa shape index (κ1) is 19.2. The van der Waals surface area contributed by atoms with E-state index in [9.17, 15) is 5.11 Å². The number of halogens is 1. The molecule has 2 atom stereocenters. The molecule has 2 heterocycles. The second kappa shape index (κ2) is 8.90. The summed E-state index contributed by atoms with van der Waals surface area (Å²) in [6.45, 7) is 7.02. The van der Waals surface area contributed by atoms with Crippen molar-refractivity contribution in [1.29, 1.82) is 0 Å². The molecule has 0 radical (unpaired) electrons. The van der Waals surface area contributed by atoms with Crippen LogP contribution in [0.3, 0.4) is 0 Å². The minimum atomic E-state index is -0.208. The maximum Gasteiger partial charge on any atom is 0.0720 e. The van der Waals surface area contributed by atoms with Gasteiger partial charge in [0.25, 0.3) is 0 Å². The largest absolute Gasteiger partial charge is 0.391 e. The molecule has 2 aliphatic heterocycles. The molecule has 0 aliphatic carbocycles. The van der Waals surface area contributed by atoms with Crippen LogP contribution in [0.4, 0.5) is 5.69 Å². The van der Waals surface area contributed by atoms with Gasteiger partial charge in [-0.05, 0) is 58.8 Å². The number of hydrogen-bond acceptors (Lipinski definition) is 4. The summed E-state index contributed by atoms with van der Waals surface area (Å²) in [6.07, 6.45) is 0.661. The highest BCUT2D eigenvalue weighted by Crippen LogP contribution is 2.22. The fourth-order valence-electron chi connectivity index (χ4n) is 4.33. The Morgan fingerprint density at radius 3 is 2.44 bits per heavy atom. The summed E-state index contributed by atoms with van der Waals surface area (Å²) in [4.78, 5) is 7.47. The molecule has 27 heavy (non-hydrogen) atoms. The molecule has 5 heteroatoms. The molecule has 2 fully saturated rings. The van der Waals surface area contributed by atoms with Crippen LogP contribution < -0.4 is 4.90 Å². The van der Waals surface area contributed by atoms with Gasteiger partial charge < -0.3 is 10.0 Å². The minimum Gasteiger partial charge on any atom is -0.391 e. The van der Waals surface area contributed by atoms with Crippen molar-refractivity contribution in [3.63, 3.8) is 0 Å². The number of anilines is 1. The number of aliphatic hydroxyl groups is 1. The van der Waals surface area contributed by atoms with Crippen LogP contribution in [0.2, 0.25) is 0 Å². The Hall–Kier alpha value is -1.15.